The molecule has 1 atom stereocenters. The van der Waals surface area contributed by atoms with E-state index >= 15 is 0 Å². The monoisotopic (exact) mass is 269 g/mol. The van der Waals surface area contributed by atoms with E-state index < -0.39 is 0 Å². The molecule has 0 spiro atoms. The van der Waals surface area contributed by atoms with Crippen molar-refractivity contribution in [2.75, 3.05) is 19.6 Å². The van der Waals surface area contributed by atoms with Crippen LogP contribution in [0.4, 0.5) is 0 Å². The summed E-state index contributed by atoms with van der Waals surface area (Å²) in [5.41, 5.74) is 3.85. The largest absolute Gasteiger partial charge is 0.301 e. The van der Waals surface area contributed by atoms with Gasteiger partial charge < -0.3 is 4.90 Å². The van der Waals surface area contributed by atoms with Gasteiger partial charge in [-0.3, -0.25) is 4.68 Å². The number of aryl methyl sites for hydroxylation is 2. The summed E-state index contributed by atoms with van der Waals surface area (Å²) in [5.74, 6) is 0. The standard InChI is InChI=1S/C17H23N3/c1-14-12-15(2)20(18-14)17-9-11-19(13-17)10-8-16-6-4-3-5-7-16/h3-7,12,17H,8-11,13H2,1-2H3. The van der Waals surface area contributed by atoms with Gasteiger partial charge in [-0.2, -0.15) is 5.10 Å². The Balaban J connectivity index is 1.56. The van der Waals surface area contributed by atoms with Crippen molar-refractivity contribution >= 4 is 0 Å². The molecule has 0 aliphatic carbocycles. The highest BCUT2D eigenvalue weighted by molar-refractivity contribution is 5.15. The van der Waals surface area contributed by atoms with Crippen LogP contribution >= 0.6 is 0 Å². The summed E-state index contributed by atoms with van der Waals surface area (Å²) in [7, 11) is 0. The van der Waals surface area contributed by atoms with Crippen molar-refractivity contribution in [1.82, 2.24) is 14.7 Å². The summed E-state index contributed by atoms with van der Waals surface area (Å²) in [6.07, 6.45) is 2.36. The lowest BCUT2D eigenvalue weighted by molar-refractivity contribution is 0.321. The fraction of sp³-hybridized carbons (Fsp3) is 0.471. The fourth-order valence-corrected chi connectivity index (χ4v) is 3.16. The number of rotatable bonds is 4. The van der Waals surface area contributed by atoms with Gasteiger partial charge in [-0.25, -0.2) is 0 Å². The van der Waals surface area contributed by atoms with E-state index in [-0.39, 0.29) is 0 Å². The van der Waals surface area contributed by atoms with Crippen LogP contribution in [0, 0.1) is 13.8 Å². The molecule has 1 fully saturated rings. The van der Waals surface area contributed by atoms with Crippen molar-refractivity contribution in [1.29, 1.82) is 0 Å². The lowest BCUT2D eigenvalue weighted by Crippen LogP contribution is -2.24. The van der Waals surface area contributed by atoms with Gasteiger partial charge in [0.25, 0.3) is 0 Å². The summed E-state index contributed by atoms with van der Waals surface area (Å²) in [6, 6.07) is 13.5. The predicted molar refractivity (Wildman–Crippen MR) is 81.9 cm³/mol. The van der Waals surface area contributed by atoms with Gasteiger partial charge in [0.1, 0.15) is 0 Å². The molecule has 106 valence electrons. The Hall–Kier alpha value is -1.61. The van der Waals surface area contributed by atoms with Crippen molar-refractivity contribution in [2.45, 2.75) is 32.7 Å². The second kappa shape index (κ2) is 5.80. The average Bonchev–Trinajstić information content (AvgIpc) is 3.04. The van der Waals surface area contributed by atoms with E-state index in [4.69, 9.17) is 0 Å². The Morgan fingerprint density at radius 1 is 1.20 bits per heavy atom. The summed E-state index contributed by atoms with van der Waals surface area (Å²) in [5, 5.41) is 4.63. The summed E-state index contributed by atoms with van der Waals surface area (Å²) in [4.78, 5) is 2.56. The normalized spacial score (nSPS) is 19.6. The van der Waals surface area contributed by atoms with Crippen LogP contribution < -0.4 is 0 Å². The van der Waals surface area contributed by atoms with Crippen LogP contribution in [0.1, 0.15) is 29.4 Å². The third-order valence-electron chi connectivity index (χ3n) is 4.20. The van der Waals surface area contributed by atoms with Gasteiger partial charge in [0.2, 0.25) is 0 Å². The Morgan fingerprint density at radius 3 is 2.70 bits per heavy atom. The highest BCUT2D eigenvalue weighted by Crippen LogP contribution is 2.23. The zero-order valence-electron chi connectivity index (χ0n) is 12.4. The molecular weight excluding hydrogens is 246 g/mol. The van der Waals surface area contributed by atoms with E-state index in [1.165, 1.54) is 24.2 Å². The van der Waals surface area contributed by atoms with Gasteiger partial charge in [0, 0.05) is 25.3 Å². The van der Waals surface area contributed by atoms with Gasteiger partial charge in [0.15, 0.2) is 0 Å². The van der Waals surface area contributed by atoms with E-state index in [2.05, 4.69) is 64.9 Å². The minimum Gasteiger partial charge on any atom is -0.301 e. The molecule has 1 aromatic heterocycles. The molecule has 0 saturated carbocycles. The predicted octanol–water partition coefficient (Wildman–Crippen LogP) is 2.99. The quantitative estimate of drug-likeness (QED) is 0.851. The number of nitrogens with zero attached hydrogens (tertiary/aromatic N) is 3. The molecular formula is C17H23N3. The molecule has 1 aliphatic rings. The summed E-state index contributed by atoms with van der Waals surface area (Å²) in [6.45, 7) is 7.71. The molecule has 0 N–H and O–H groups in total. The Morgan fingerprint density at radius 2 is 2.00 bits per heavy atom. The number of hydrogen-bond acceptors (Lipinski definition) is 2. The average molecular weight is 269 g/mol. The molecule has 1 saturated heterocycles. The van der Waals surface area contributed by atoms with E-state index in [1.54, 1.807) is 0 Å². The Bertz CT molecular complexity index is 559. The van der Waals surface area contributed by atoms with Gasteiger partial charge in [0.05, 0.1) is 11.7 Å². The Labute approximate surface area is 121 Å². The zero-order valence-corrected chi connectivity index (χ0v) is 12.4. The molecule has 20 heavy (non-hydrogen) atoms. The molecule has 1 aliphatic heterocycles. The smallest absolute Gasteiger partial charge is 0.0661 e. The maximum Gasteiger partial charge on any atom is 0.0661 e. The van der Waals surface area contributed by atoms with E-state index in [1.807, 2.05) is 0 Å². The van der Waals surface area contributed by atoms with Crippen LogP contribution in [0.5, 0.6) is 0 Å². The van der Waals surface area contributed by atoms with E-state index in [9.17, 15) is 0 Å². The van der Waals surface area contributed by atoms with Crippen molar-refractivity contribution in [2.24, 2.45) is 0 Å². The number of likely N-dealkylation sites (tertiary alicyclic amines) is 1. The van der Waals surface area contributed by atoms with Crippen LogP contribution in [0.3, 0.4) is 0 Å². The second-order valence-electron chi connectivity index (χ2n) is 5.85. The highest BCUT2D eigenvalue weighted by atomic mass is 15.3. The van der Waals surface area contributed by atoms with Crippen LogP contribution in [-0.4, -0.2) is 34.3 Å². The first kappa shape index (κ1) is 13.4. The fourth-order valence-electron chi connectivity index (χ4n) is 3.16. The SMILES string of the molecule is Cc1cc(C)n(C2CCN(CCc3ccccc3)C2)n1. The van der Waals surface area contributed by atoms with Crippen molar-refractivity contribution in [3.63, 3.8) is 0 Å². The lowest BCUT2D eigenvalue weighted by atomic mass is 10.1. The molecule has 2 heterocycles. The van der Waals surface area contributed by atoms with E-state index in [0.29, 0.717) is 6.04 Å². The number of aromatic nitrogens is 2. The third kappa shape index (κ3) is 2.93. The molecule has 0 bridgehead atoms. The highest BCUT2D eigenvalue weighted by Gasteiger charge is 2.25. The summed E-state index contributed by atoms with van der Waals surface area (Å²) < 4.78 is 2.22. The molecule has 0 radical (unpaired) electrons. The third-order valence-corrected chi connectivity index (χ3v) is 4.20. The van der Waals surface area contributed by atoms with Gasteiger partial charge >= 0.3 is 0 Å². The van der Waals surface area contributed by atoms with Crippen LogP contribution in [0.2, 0.25) is 0 Å². The minimum atomic E-state index is 0.555. The van der Waals surface area contributed by atoms with Gasteiger partial charge in [-0.05, 0) is 38.3 Å². The van der Waals surface area contributed by atoms with E-state index in [0.717, 1.165) is 25.2 Å². The molecule has 1 aromatic carbocycles. The van der Waals surface area contributed by atoms with Crippen molar-refractivity contribution in [3.05, 3.63) is 53.3 Å². The van der Waals surface area contributed by atoms with Gasteiger partial charge in [-0.1, -0.05) is 30.3 Å². The van der Waals surface area contributed by atoms with Crippen LogP contribution in [0.15, 0.2) is 36.4 Å². The molecule has 0 amide bonds. The molecule has 1 unspecified atom stereocenters. The topological polar surface area (TPSA) is 21.1 Å². The van der Waals surface area contributed by atoms with Crippen molar-refractivity contribution in [3.8, 4) is 0 Å². The van der Waals surface area contributed by atoms with Crippen molar-refractivity contribution < 1.29 is 0 Å². The maximum absolute atomic E-state index is 4.63. The zero-order chi connectivity index (χ0) is 13.9. The first-order chi connectivity index (χ1) is 9.72. The summed E-state index contributed by atoms with van der Waals surface area (Å²) >= 11 is 0. The maximum atomic E-state index is 4.63. The minimum absolute atomic E-state index is 0.555. The lowest BCUT2D eigenvalue weighted by Gasteiger charge is -2.17. The first-order valence-electron chi connectivity index (χ1n) is 7.51. The molecule has 3 heteroatoms. The number of hydrogen-bond donors (Lipinski definition) is 0. The molecule has 2 aromatic rings. The molecule has 3 nitrogen and oxygen atoms in total. The van der Waals surface area contributed by atoms with Crippen LogP contribution in [-0.2, 0) is 6.42 Å². The first-order valence-corrected chi connectivity index (χ1v) is 7.51. The molecule has 3 rings (SSSR count). The number of benzene rings is 1. The van der Waals surface area contributed by atoms with Crippen LogP contribution in [0.25, 0.3) is 0 Å². The second-order valence-corrected chi connectivity index (χ2v) is 5.85. The van der Waals surface area contributed by atoms with Gasteiger partial charge in [-0.15, -0.1) is 0 Å². The Kier molecular flexibility index (Phi) is 3.88.